The summed E-state index contributed by atoms with van der Waals surface area (Å²) >= 11 is 0. The molecular formula is C14H21FN2O. The average Bonchev–Trinajstić information content (AvgIpc) is 2.37. The molecule has 1 amide bonds. The quantitative estimate of drug-likeness (QED) is 0.728. The Morgan fingerprint density at radius 1 is 1.44 bits per heavy atom. The Morgan fingerprint density at radius 2 is 2.17 bits per heavy atom. The Morgan fingerprint density at radius 3 is 2.83 bits per heavy atom. The summed E-state index contributed by atoms with van der Waals surface area (Å²) in [6.07, 6.45) is 2.01. The monoisotopic (exact) mass is 252 g/mol. The topological polar surface area (TPSA) is 55.1 Å². The number of rotatable bonds is 7. The van der Waals surface area contributed by atoms with Crippen LogP contribution in [0.25, 0.3) is 0 Å². The van der Waals surface area contributed by atoms with Gasteiger partial charge >= 0.3 is 0 Å². The lowest BCUT2D eigenvalue weighted by molar-refractivity contribution is -0.124. The molecule has 100 valence electrons. The highest BCUT2D eigenvalue weighted by Gasteiger charge is 2.12. The van der Waals surface area contributed by atoms with E-state index in [-0.39, 0.29) is 17.6 Å². The van der Waals surface area contributed by atoms with Crippen LogP contribution in [0.4, 0.5) is 4.39 Å². The fourth-order valence-electron chi connectivity index (χ4n) is 1.69. The van der Waals surface area contributed by atoms with Crippen molar-refractivity contribution in [2.45, 2.75) is 26.2 Å². The molecular weight excluding hydrogens is 231 g/mol. The fraction of sp³-hybridized carbons (Fsp3) is 0.500. The summed E-state index contributed by atoms with van der Waals surface area (Å²) in [5.74, 6) is -0.296. The van der Waals surface area contributed by atoms with Crippen molar-refractivity contribution in [3.8, 4) is 0 Å². The number of amides is 1. The highest BCUT2D eigenvalue weighted by Crippen LogP contribution is 2.13. The van der Waals surface area contributed by atoms with Crippen molar-refractivity contribution in [2.24, 2.45) is 11.7 Å². The van der Waals surface area contributed by atoms with Crippen molar-refractivity contribution in [3.05, 3.63) is 35.6 Å². The Kier molecular flexibility index (Phi) is 6.36. The largest absolute Gasteiger partial charge is 0.356 e. The molecule has 1 rings (SSSR count). The molecule has 0 aliphatic heterocycles. The van der Waals surface area contributed by atoms with Crippen molar-refractivity contribution in [2.75, 3.05) is 13.1 Å². The molecule has 1 unspecified atom stereocenters. The zero-order valence-electron chi connectivity index (χ0n) is 10.8. The maximum Gasteiger partial charge on any atom is 0.222 e. The zero-order chi connectivity index (χ0) is 13.4. The summed E-state index contributed by atoms with van der Waals surface area (Å²) in [7, 11) is 0. The van der Waals surface area contributed by atoms with Crippen molar-refractivity contribution >= 4 is 5.91 Å². The summed E-state index contributed by atoms with van der Waals surface area (Å²) in [6.45, 7) is 3.04. The normalized spacial score (nSPS) is 12.2. The molecule has 3 nitrogen and oxygen atoms in total. The van der Waals surface area contributed by atoms with Crippen LogP contribution >= 0.6 is 0 Å². The molecule has 0 radical (unpaired) electrons. The molecule has 4 heteroatoms. The smallest absolute Gasteiger partial charge is 0.222 e. The Bertz CT molecular complexity index is 382. The Balaban J connectivity index is 2.34. The van der Waals surface area contributed by atoms with Crippen LogP contribution < -0.4 is 11.1 Å². The van der Waals surface area contributed by atoms with Crippen molar-refractivity contribution in [1.29, 1.82) is 0 Å². The summed E-state index contributed by atoms with van der Waals surface area (Å²) in [5.41, 5.74) is 6.02. The molecule has 1 aromatic carbocycles. The first-order chi connectivity index (χ1) is 8.65. The van der Waals surface area contributed by atoms with Crippen LogP contribution in [0, 0.1) is 11.7 Å². The van der Waals surface area contributed by atoms with Crippen molar-refractivity contribution < 1.29 is 9.18 Å². The standard InChI is InChI=1S/C14H21FN2O/c1-11(14(18)17-10-4-9-16)7-8-12-5-2-3-6-13(12)15/h2-3,5-6,11H,4,7-10,16H2,1H3,(H,17,18). The number of aryl methyl sites for hydroxylation is 1. The van der Waals surface area contributed by atoms with Gasteiger partial charge in [0.05, 0.1) is 0 Å². The van der Waals surface area contributed by atoms with Crippen molar-refractivity contribution in [3.63, 3.8) is 0 Å². The molecule has 1 aromatic rings. The van der Waals surface area contributed by atoms with E-state index in [0.717, 1.165) is 6.42 Å². The predicted octanol–water partition coefficient (Wildman–Crippen LogP) is 1.86. The summed E-state index contributed by atoms with van der Waals surface area (Å²) < 4.78 is 13.4. The minimum Gasteiger partial charge on any atom is -0.356 e. The van der Waals surface area contributed by atoms with Crippen LogP contribution in [-0.4, -0.2) is 19.0 Å². The van der Waals surface area contributed by atoms with Gasteiger partial charge in [0.1, 0.15) is 5.82 Å². The number of halogens is 1. The van der Waals surface area contributed by atoms with Gasteiger partial charge in [0, 0.05) is 12.5 Å². The third-order valence-electron chi connectivity index (χ3n) is 2.93. The Hall–Kier alpha value is -1.42. The number of carbonyl (C=O) groups is 1. The van der Waals surface area contributed by atoms with Crippen LogP contribution in [0.5, 0.6) is 0 Å². The van der Waals surface area contributed by atoms with Crippen LogP contribution in [-0.2, 0) is 11.2 Å². The summed E-state index contributed by atoms with van der Waals surface area (Å²) in [5, 5.41) is 2.82. The zero-order valence-corrected chi connectivity index (χ0v) is 10.8. The molecule has 0 fully saturated rings. The number of nitrogens with two attached hydrogens (primary N) is 1. The van der Waals surface area contributed by atoms with Gasteiger partial charge in [-0.1, -0.05) is 25.1 Å². The third-order valence-corrected chi connectivity index (χ3v) is 2.93. The predicted molar refractivity (Wildman–Crippen MR) is 70.6 cm³/mol. The second-order valence-electron chi connectivity index (χ2n) is 4.46. The molecule has 0 aromatic heterocycles. The fourth-order valence-corrected chi connectivity index (χ4v) is 1.69. The van der Waals surface area contributed by atoms with Crippen LogP contribution in [0.15, 0.2) is 24.3 Å². The molecule has 0 aliphatic carbocycles. The van der Waals surface area contributed by atoms with E-state index in [1.807, 2.05) is 13.0 Å². The van der Waals surface area contributed by atoms with Gasteiger partial charge in [-0.2, -0.15) is 0 Å². The molecule has 0 saturated heterocycles. The first kappa shape index (κ1) is 14.6. The maximum absolute atomic E-state index is 13.4. The lowest BCUT2D eigenvalue weighted by Gasteiger charge is -2.12. The van der Waals surface area contributed by atoms with Gasteiger partial charge in [0.15, 0.2) is 0 Å². The van der Waals surface area contributed by atoms with Gasteiger partial charge in [0.2, 0.25) is 5.91 Å². The van der Waals surface area contributed by atoms with Crippen LogP contribution in [0.3, 0.4) is 0 Å². The minimum atomic E-state index is -0.201. The number of carbonyl (C=O) groups excluding carboxylic acids is 1. The highest BCUT2D eigenvalue weighted by molar-refractivity contribution is 5.78. The second-order valence-corrected chi connectivity index (χ2v) is 4.46. The first-order valence-electron chi connectivity index (χ1n) is 6.36. The summed E-state index contributed by atoms with van der Waals surface area (Å²) in [4.78, 5) is 11.7. The van der Waals surface area contributed by atoms with E-state index < -0.39 is 0 Å². The Labute approximate surface area is 108 Å². The van der Waals surface area contributed by atoms with Gasteiger partial charge < -0.3 is 11.1 Å². The molecule has 0 spiro atoms. The highest BCUT2D eigenvalue weighted by atomic mass is 19.1. The molecule has 18 heavy (non-hydrogen) atoms. The number of hydrogen-bond donors (Lipinski definition) is 2. The lowest BCUT2D eigenvalue weighted by atomic mass is 10.00. The average molecular weight is 252 g/mol. The van der Waals surface area contributed by atoms with Gasteiger partial charge in [-0.15, -0.1) is 0 Å². The van der Waals surface area contributed by atoms with E-state index >= 15 is 0 Å². The van der Waals surface area contributed by atoms with Crippen LogP contribution in [0.2, 0.25) is 0 Å². The van der Waals surface area contributed by atoms with E-state index in [0.29, 0.717) is 31.5 Å². The minimum absolute atomic E-state index is 0.0137. The second kappa shape index (κ2) is 7.82. The molecule has 0 saturated carbocycles. The molecule has 0 bridgehead atoms. The van der Waals surface area contributed by atoms with Crippen LogP contribution in [0.1, 0.15) is 25.3 Å². The third kappa shape index (κ3) is 4.84. The number of nitrogens with one attached hydrogen (secondary N) is 1. The molecule has 0 aliphatic rings. The lowest BCUT2D eigenvalue weighted by Crippen LogP contribution is -2.31. The van der Waals surface area contributed by atoms with E-state index in [4.69, 9.17) is 5.73 Å². The van der Waals surface area contributed by atoms with E-state index in [2.05, 4.69) is 5.32 Å². The van der Waals surface area contributed by atoms with Gasteiger partial charge in [-0.3, -0.25) is 4.79 Å². The SMILES string of the molecule is CC(CCc1ccccc1F)C(=O)NCCCN. The summed E-state index contributed by atoms with van der Waals surface area (Å²) in [6, 6.07) is 6.68. The van der Waals surface area contributed by atoms with E-state index in [9.17, 15) is 9.18 Å². The van der Waals surface area contributed by atoms with Crippen molar-refractivity contribution in [1.82, 2.24) is 5.32 Å². The first-order valence-corrected chi connectivity index (χ1v) is 6.36. The van der Waals surface area contributed by atoms with Gasteiger partial charge in [-0.25, -0.2) is 4.39 Å². The molecule has 0 heterocycles. The number of hydrogen-bond acceptors (Lipinski definition) is 2. The van der Waals surface area contributed by atoms with Gasteiger partial charge in [-0.05, 0) is 37.4 Å². The van der Waals surface area contributed by atoms with E-state index in [1.54, 1.807) is 12.1 Å². The number of benzene rings is 1. The maximum atomic E-state index is 13.4. The van der Waals surface area contributed by atoms with Gasteiger partial charge in [0.25, 0.3) is 0 Å². The van der Waals surface area contributed by atoms with E-state index in [1.165, 1.54) is 6.07 Å². The molecule has 3 N–H and O–H groups in total. The molecule has 1 atom stereocenters.